The first kappa shape index (κ1) is 27.1. The van der Waals surface area contributed by atoms with E-state index in [1.165, 1.54) is 62.5 Å². The van der Waals surface area contributed by atoms with E-state index in [-0.39, 0.29) is 0 Å². The molecule has 4 unspecified atom stereocenters. The van der Waals surface area contributed by atoms with Crippen LogP contribution in [0.15, 0.2) is 60.7 Å². The van der Waals surface area contributed by atoms with Crippen molar-refractivity contribution in [3.63, 3.8) is 0 Å². The zero-order chi connectivity index (χ0) is 26.4. The highest BCUT2D eigenvalue weighted by atomic mass is 16.3. The second kappa shape index (κ2) is 12.5. The van der Waals surface area contributed by atoms with Gasteiger partial charge in [-0.1, -0.05) is 94.8 Å². The molecule has 5 rings (SSSR count). The molecule has 4 atom stereocenters. The molecule has 0 bridgehead atoms. The van der Waals surface area contributed by atoms with E-state index >= 15 is 0 Å². The predicted molar refractivity (Wildman–Crippen MR) is 153 cm³/mol. The third-order valence-corrected chi connectivity index (χ3v) is 8.87. The lowest BCUT2D eigenvalue weighted by molar-refractivity contribution is 0.326. The van der Waals surface area contributed by atoms with Crippen LogP contribution in [0.2, 0.25) is 0 Å². The number of para-hydroxylation sites is 1. The molecule has 0 aliphatic heterocycles. The Morgan fingerprint density at radius 3 is 1.41 bits per heavy atom. The van der Waals surface area contributed by atoms with Crippen molar-refractivity contribution in [2.75, 3.05) is 0 Å². The highest BCUT2D eigenvalue weighted by molar-refractivity contribution is 5.50. The maximum absolute atomic E-state index is 10.8. The number of benzene rings is 3. The lowest BCUT2D eigenvalue weighted by Crippen LogP contribution is -2.18. The summed E-state index contributed by atoms with van der Waals surface area (Å²) in [6, 6.07) is 19.3. The fourth-order valence-electron chi connectivity index (χ4n) is 6.56. The van der Waals surface area contributed by atoms with Crippen LogP contribution >= 0.6 is 0 Å². The van der Waals surface area contributed by atoms with E-state index in [0.717, 1.165) is 16.7 Å². The molecule has 0 radical (unpaired) electrons. The molecule has 0 aromatic heterocycles. The van der Waals surface area contributed by atoms with Gasteiger partial charge in [0.05, 0.1) is 0 Å². The maximum Gasteiger partial charge on any atom is 0.119 e. The van der Waals surface area contributed by atoms with Crippen molar-refractivity contribution in [2.45, 2.75) is 90.4 Å². The molecule has 198 valence electrons. The van der Waals surface area contributed by atoms with Crippen molar-refractivity contribution < 1.29 is 15.3 Å². The van der Waals surface area contributed by atoms with Gasteiger partial charge in [-0.15, -0.1) is 0 Å². The Morgan fingerprint density at radius 2 is 1.00 bits per heavy atom. The molecular weight excluding hydrogens is 456 g/mol. The number of hydrogen-bond acceptors (Lipinski definition) is 3. The molecular formula is C34H44O3. The molecule has 0 heterocycles. The topological polar surface area (TPSA) is 60.7 Å². The summed E-state index contributed by atoms with van der Waals surface area (Å²) in [6.45, 7) is 6.58. The van der Waals surface area contributed by atoms with Crippen LogP contribution in [0.4, 0.5) is 0 Å². The van der Waals surface area contributed by atoms with Gasteiger partial charge in [0.15, 0.2) is 0 Å². The molecule has 2 aliphatic rings. The number of phenolic OH excluding ortho intramolecular Hbond substituents is 3. The molecule has 0 amide bonds. The van der Waals surface area contributed by atoms with Crippen molar-refractivity contribution in [1.29, 1.82) is 0 Å². The fraction of sp³-hybridized carbons (Fsp3) is 0.471. The normalized spacial score (nSPS) is 23.6. The Morgan fingerprint density at radius 1 is 0.568 bits per heavy atom. The summed E-state index contributed by atoms with van der Waals surface area (Å²) in [6.07, 6.45) is 10.7. The summed E-state index contributed by atoms with van der Waals surface area (Å²) < 4.78 is 0. The average molecular weight is 501 g/mol. The van der Waals surface area contributed by atoms with E-state index in [4.69, 9.17) is 5.11 Å². The van der Waals surface area contributed by atoms with E-state index in [1.807, 2.05) is 49.4 Å². The Kier molecular flexibility index (Phi) is 9.18. The van der Waals surface area contributed by atoms with Gasteiger partial charge in [-0.2, -0.15) is 0 Å². The van der Waals surface area contributed by atoms with Gasteiger partial charge in [-0.25, -0.2) is 0 Å². The van der Waals surface area contributed by atoms with E-state index in [1.54, 1.807) is 6.07 Å². The molecule has 0 spiro atoms. The standard InChI is InChI=1S/C27H36O2.C7H8O/c1-18-9-3-5-11-20(18)22-13-7-15-26(28)24(22)17-25-23(14-8-16-27(25)29)21-12-6-4-10-19(21)2;1-6-4-2-3-5-7(6)8/h7-8,13-16,18-21,28-29H,3-6,9-12,17H2,1-2H3;2-5,8H,1H3. The smallest absolute Gasteiger partial charge is 0.119 e. The van der Waals surface area contributed by atoms with Gasteiger partial charge in [0, 0.05) is 17.5 Å². The third-order valence-electron chi connectivity index (χ3n) is 8.87. The Hall–Kier alpha value is -2.94. The molecule has 3 aromatic rings. The Bertz CT molecular complexity index is 1080. The molecule has 3 heteroatoms. The van der Waals surface area contributed by atoms with Crippen LogP contribution in [0.1, 0.15) is 105 Å². The molecule has 2 fully saturated rings. The third kappa shape index (κ3) is 6.50. The van der Waals surface area contributed by atoms with Crippen molar-refractivity contribution in [3.8, 4) is 17.2 Å². The number of phenols is 3. The molecule has 2 aliphatic carbocycles. The highest BCUT2D eigenvalue weighted by Gasteiger charge is 2.29. The molecule has 3 N–H and O–H groups in total. The minimum Gasteiger partial charge on any atom is -0.508 e. The van der Waals surface area contributed by atoms with Crippen LogP contribution in [0.5, 0.6) is 17.2 Å². The van der Waals surface area contributed by atoms with Gasteiger partial charge in [-0.05, 0) is 78.3 Å². The first-order valence-corrected chi connectivity index (χ1v) is 14.2. The minimum absolute atomic E-state index is 0.368. The maximum atomic E-state index is 10.8. The monoisotopic (exact) mass is 500 g/mol. The highest BCUT2D eigenvalue weighted by Crippen LogP contribution is 2.44. The lowest BCUT2D eigenvalue weighted by atomic mass is 9.72. The fourth-order valence-corrected chi connectivity index (χ4v) is 6.56. The minimum atomic E-state index is 0.368. The van der Waals surface area contributed by atoms with Crippen LogP contribution in [-0.2, 0) is 6.42 Å². The van der Waals surface area contributed by atoms with E-state index < -0.39 is 0 Å². The van der Waals surface area contributed by atoms with E-state index in [2.05, 4.69) is 26.0 Å². The molecule has 3 aromatic carbocycles. The summed E-state index contributed by atoms with van der Waals surface area (Å²) in [4.78, 5) is 0. The summed E-state index contributed by atoms with van der Waals surface area (Å²) in [5.74, 6) is 3.44. The van der Waals surface area contributed by atoms with Gasteiger partial charge >= 0.3 is 0 Å². The lowest BCUT2D eigenvalue weighted by Gasteiger charge is -2.32. The Balaban J connectivity index is 0.000000342. The molecule has 2 saturated carbocycles. The van der Waals surface area contributed by atoms with Gasteiger partial charge in [-0.3, -0.25) is 0 Å². The average Bonchev–Trinajstić information content (AvgIpc) is 2.89. The largest absolute Gasteiger partial charge is 0.508 e. The van der Waals surface area contributed by atoms with Gasteiger partial charge in [0.2, 0.25) is 0 Å². The second-order valence-corrected chi connectivity index (χ2v) is 11.4. The van der Waals surface area contributed by atoms with Crippen LogP contribution in [-0.4, -0.2) is 15.3 Å². The summed E-state index contributed by atoms with van der Waals surface area (Å²) in [5, 5.41) is 30.6. The number of aryl methyl sites for hydroxylation is 1. The SMILES string of the molecule is CC1CCCCC1c1cccc(O)c1Cc1c(O)cccc1C1CCCCC1C.Cc1ccccc1O. The van der Waals surface area contributed by atoms with Crippen LogP contribution in [0.3, 0.4) is 0 Å². The second-order valence-electron chi connectivity index (χ2n) is 11.4. The Labute approximate surface area is 223 Å². The summed E-state index contributed by atoms with van der Waals surface area (Å²) in [5.41, 5.74) is 5.56. The van der Waals surface area contributed by atoms with E-state index in [9.17, 15) is 10.2 Å². The van der Waals surface area contributed by atoms with Crippen molar-refractivity contribution >= 4 is 0 Å². The number of hydrogen-bond donors (Lipinski definition) is 3. The molecule has 0 saturated heterocycles. The number of aromatic hydroxyl groups is 3. The molecule has 37 heavy (non-hydrogen) atoms. The quantitative estimate of drug-likeness (QED) is 0.335. The first-order valence-electron chi connectivity index (χ1n) is 14.2. The van der Waals surface area contributed by atoms with Crippen LogP contribution in [0, 0.1) is 18.8 Å². The van der Waals surface area contributed by atoms with Crippen molar-refractivity contribution in [2.24, 2.45) is 11.8 Å². The first-order chi connectivity index (χ1) is 17.9. The van der Waals surface area contributed by atoms with Crippen LogP contribution in [0.25, 0.3) is 0 Å². The zero-order valence-electron chi connectivity index (χ0n) is 22.8. The van der Waals surface area contributed by atoms with E-state index in [0.29, 0.717) is 47.3 Å². The van der Waals surface area contributed by atoms with Gasteiger partial charge in [0.25, 0.3) is 0 Å². The predicted octanol–water partition coefficient (Wildman–Crippen LogP) is 8.98. The van der Waals surface area contributed by atoms with Gasteiger partial charge < -0.3 is 15.3 Å². The van der Waals surface area contributed by atoms with Crippen molar-refractivity contribution in [3.05, 3.63) is 88.5 Å². The van der Waals surface area contributed by atoms with Crippen molar-refractivity contribution in [1.82, 2.24) is 0 Å². The molecule has 3 nitrogen and oxygen atoms in total. The zero-order valence-corrected chi connectivity index (χ0v) is 22.8. The van der Waals surface area contributed by atoms with Gasteiger partial charge in [0.1, 0.15) is 17.2 Å². The number of rotatable bonds is 4. The summed E-state index contributed by atoms with van der Waals surface area (Å²) in [7, 11) is 0. The summed E-state index contributed by atoms with van der Waals surface area (Å²) >= 11 is 0. The van der Waals surface area contributed by atoms with Crippen LogP contribution < -0.4 is 0 Å².